The summed E-state index contributed by atoms with van der Waals surface area (Å²) in [7, 11) is 1.88. The Bertz CT molecular complexity index is 746. The number of aromatic nitrogens is 1. The number of fused-ring (bicyclic) bond motifs is 1. The highest BCUT2D eigenvalue weighted by atomic mass is 35.5. The third kappa shape index (κ3) is 2.39. The second-order valence-electron chi connectivity index (χ2n) is 4.85. The van der Waals surface area contributed by atoms with Gasteiger partial charge in [0.15, 0.2) is 11.5 Å². The van der Waals surface area contributed by atoms with Crippen LogP contribution in [0.25, 0.3) is 0 Å². The molecule has 0 atom stereocenters. The lowest BCUT2D eigenvalue weighted by Crippen LogP contribution is -2.02. The molecular weight excluding hydrogens is 290 g/mol. The van der Waals surface area contributed by atoms with Crippen LogP contribution in [0, 0.1) is 18.3 Å². The number of nitrogens with zero attached hydrogens (tertiary/aromatic N) is 2. The van der Waals surface area contributed by atoms with Crippen molar-refractivity contribution < 1.29 is 9.47 Å². The van der Waals surface area contributed by atoms with Crippen LogP contribution in [-0.4, -0.2) is 11.4 Å². The van der Waals surface area contributed by atoms with Crippen molar-refractivity contribution in [2.75, 3.05) is 12.1 Å². The number of hydrogen-bond donors (Lipinski definition) is 1. The number of rotatable bonds is 3. The third-order valence-corrected chi connectivity index (χ3v) is 4.00. The van der Waals surface area contributed by atoms with Crippen LogP contribution in [-0.2, 0) is 13.6 Å². The van der Waals surface area contributed by atoms with E-state index in [1.807, 2.05) is 30.7 Å². The second-order valence-corrected chi connectivity index (χ2v) is 5.26. The van der Waals surface area contributed by atoms with Crippen LogP contribution < -0.4 is 14.8 Å². The number of ether oxygens (including phenoxy) is 2. The van der Waals surface area contributed by atoms with E-state index in [2.05, 4.69) is 11.4 Å². The number of benzene rings is 1. The first-order valence-corrected chi connectivity index (χ1v) is 6.86. The summed E-state index contributed by atoms with van der Waals surface area (Å²) in [4.78, 5) is 0. The molecule has 5 nitrogen and oxygen atoms in total. The highest BCUT2D eigenvalue weighted by Gasteiger charge is 2.17. The molecule has 2 heterocycles. The molecule has 2 aromatic rings. The van der Waals surface area contributed by atoms with E-state index in [0.29, 0.717) is 28.8 Å². The molecule has 6 heteroatoms. The van der Waals surface area contributed by atoms with Crippen molar-refractivity contribution in [3.8, 4) is 17.6 Å². The molecule has 0 fully saturated rings. The van der Waals surface area contributed by atoms with Crippen molar-refractivity contribution in [2.24, 2.45) is 7.05 Å². The van der Waals surface area contributed by atoms with E-state index in [1.165, 1.54) is 0 Å². The molecule has 21 heavy (non-hydrogen) atoms. The molecule has 0 spiro atoms. The normalized spacial score (nSPS) is 12.3. The first-order valence-electron chi connectivity index (χ1n) is 6.48. The van der Waals surface area contributed by atoms with Crippen LogP contribution >= 0.6 is 11.6 Å². The molecule has 1 aromatic heterocycles. The molecule has 0 bridgehead atoms. The first-order chi connectivity index (χ1) is 10.1. The average Bonchev–Trinajstić information content (AvgIpc) is 3.03. The smallest absolute Gasteiger partial charge is 0.231 e. The molecule has 108 valence electrons. The fraction of sp³-hybridized carbons (Fsp3) is 0.267. The summed E-state index contributed by atoms with van der Waals surface area (Å²) in [5.41, 5.74) is 3.53. The van der Waals surface area contributed by atoms with E-state index >= 15 is 0 Å². The van der Waals surface area contributed by atoms with Crippen LogP contribution in [0.4, 0.5) is 5.69 Å². The minimum atomic E-state index is 0.221. The number of nitriles is 1. The summed E-state index contributed by atoms with van der Waals surface area (Å²) in [6.07, 6.45) is 0. The van der Waals surface area contributed by atoms with Gasteiger partial charge in [-0.2, -0.15) is 5.26 Å². The van der Waals surface area contributed by atoms with E-state index in [4.69, 9.17) is 26.3 Å². The topological polar surface area (TPSA) is 59.2 Å². The minimum Gasteiger partial charge on any atom is -0.454 e. The number of anilines is 1. The molecule has 0 amide bonds. The molecular formula is C15H14ClN3O2. The van der Waals surface area contributed by atoms with Crippen molar-refractivity contribution in [1.29, 1.82) is 5.26 Å². The van der Waals surface area contributed by atoms with Gasteiger partial charge in [0, 0.05) is 31.4 Å². The highest BCUT2D eigenvalue weighted by Crippen LogP contribution is 2.39. The van der Waals surface area contributed by atoms with E-state index in [0.717, 1.165) is 16.9 Å². The second kappa shape index (κ2) is 5.23. The van der Waals surface area contributed by atoms with Gasteiger partial charge in [0.05, 0.1) is 10.7 Å². The maximum atomic E-state index is 9.05. The lowest BCUT2D eigenvalue weighted by Gasteiger charge is -2.09. The van der Waals surface area contributed by atoms with Gasteiger partial charge in [-0.15, -0.1) is 0 Å². The van der Waals surface area contributed by atoms with Crippen molar-refractivity contribution in [3.05, 3.63) is 40.2 Å². The predicted octanol–water partition coefficient (Wildman–Crippen LogP) is 3.20. The van der Waals surface area contributed by atoms with E-state index in [9.17, 15) is 0 Å². The standard InChI is InChI=1S/C15H14ClN3O2/c1-9-10(3-11(6-17)19(9)2)7-18-13-5-15-14(4-12(13)16)20-8-21-15/h3-5,18H,7-8H2,1-2H3. The van der Waals surface area contributed by atoms with Crippen molar-refractivity contribution >= 4 is 17.3 Å². The summed E-state index contributed by atoms with van der Waals surface area (Å²) < 4.78 is 12.5. The number of nitrogens with one attached hydrogen (secondary N) is 1. The minimum absolute atomic E-state index is 0.221. The van der Waals surface area contributed by atoms with Gasteiger partial charge in [0.2, 0.25) is 6.79 Å². The Labute approximate surface area is 127 Å². The Kier molecular flexibility index (Phi) is 3.40. The van der Waals surface area contributed by atoms with Gasteiger partial charge >= 0.3 is 0 Å². The Morgan fingerprint density at radius 1 is 1.33 bits per heavy atom. The van der Waals surface area contributed by atoms with Crippen LogP contribution in [0.15, 0.2) is 18.2 Å². The van der Waals surface area contributed by atoms with E-state index < -0.39 is 0 Å². The summed E-state index contributed by atoms with van der Waals surface area (Å²) in [6, 6.07) is 7.62. The molecule has 0 saturated heterocycles. The zero-order valence-electron chi connectivity index (χ0n) is 11.7. The van der Waals surface area contributed by atoms with Crippen LogP contribution in [0.3, 0.4) is 0 Å². The van der Waals surface area contributed by atoms with Gasteiger partial charge in [0.25, 0.3) is 0 Å². The zero-order valence-corrected chi connectivity index (χ0v) is 12.5. The van der Waals surface area contributed by atoms with Gasteiger partial charge in [-0.3, -0.25) is 0 Å². The summed E-state index contributed by atoms with van der Waals surface area (Å²) in [5.74, 6) is 1.35. The monoisotopic (exact) mass is 303 g/mol. The van der Waals surface area contributed by atoms with Gasteiger partial charge in [-0.25, -0.2) is 0 Å². The largest absolute Gasteiger partial charge is 0.454 e. The maximum Gasteiger partial charge on any atom is 0.231 e. The van der Waals surface area contributed by atoms with Crippen molar-refractivity contribution in [3.63, 3.8) is 0 Å². The lowest BCUT2D eigenvalue weighted by molar-refractivity contribution is 0.174. The Morgan fingerprint density at radius 2 is 2.05 bits per heavy atom. The molecule has 3 rings (SSSR count). The Balaban J connectivity index is 1.81. The van der Waals surface area contributed by atoms with Crippen molar-refractivity contribution in [2.45, 2.75) is 13.5 Å². The fourth-order valence-electron chi connectivity index (χ4n) is 2.29. The van der Waals surface area contributed by atoms with Crippen LogP contribution in [0.5, 0.6) is 11.5 Å². The molecule has 1 aliphatic rings. The van der Waals surface area contributed by atoms with Gasteiger partial charge in [-0.05, 0) is 18.6 Å². The Hall–Kier alpha value is -2.32. The van der Waals surface area contributed by atoms with Gasteiger partial charge < -0.3 is 19.4 Å². The molecule has 0 radical (unpaired) electrons. The van der Waals surface area contributed by atoms with Gasteiger partial charge in [0.1, 0.15) is 11.8 Å². The van der Waals surface area contributed by atoms with E-state index in [-0.39, 0.29) is 6.79 Å². The number of hydrogen-bond acceptors (Lipinski definition) is 4. The lowest BCUT2D eigenvalue weighted by atomic mass is 10.2. The molecule has 0 saturated carbocycles. The van der Waals surface area contributed by atoms with Gasteiger partial charge in [-0.1, -0.05) is 11.6 Å². The fourth-order valence-corrected chi connectivity index (χ4v) is 2.51. The molecule has 1 aromatic carbocycles. The molecule has 1 N–H and O–H groups in total. The molecule has 0 aliphatic carbocycles. The maximum absolute atomic E-state index is 9.05. The predicted molar refractivity (Wildman–Crippen MR) is 79.8 cm³/mol. The summed E-state index contributed by atoms with van der Waals surface area (Å²) >= 11 is 6.22. The molecule has 1 aliphatic heterocycles. The SMILES string of the molecule is Cc1c(CNc2cc3c(cc2Cl)OCO3)cc(C#N)n1C. The van der Waals surface area contributed by atoms with Crippen molar-refractivity contribution in [1.82, 2.24) is 4.57 Å². The molecule has 0 unspecified atom stereocenters. The van der Waals surface area contributed by atoms with E-state index in [1.54, 1.807) is 6.07 Å². The summed E-state index contributed by atoms with van der Waals surface area (Å²) in [6.45, 7) is 2.79. The number of halogens is 1. The zero-order chi connectivity index (χ0) is 15.0. The third-order valence-electron chi connectivity index (χ3n) is 3.69. The average molecular weight is 304 g/mol. The quantitative estimate of drug-likeness (QED) is 0.946. The van der Waals surface area contributed by atoms with Crippen LogP contribution in [0.1, 0.15) is 17.0 Å². The van der Waals surface area contributed by atoms with Crippen LogP contribution in [0.2, 0.25) is 5.02 Å². The summed E-state index contributed by atoms with van der Waals surface area (Å²) in [5, 5.41) is 12.9. The first kappa shape index (κ1) is 13.7. The highest BCUT2D eigenvalue weighted by molar-refractivity contribution is 6.33. The Morgan fingerprint density at radius 3 is 2.71 bits per heavy atom.